The van der Waals surface area contributed by atoms with Crippen LogP contribution >= 0.6 is 0 Å². The van der Waals surface area contributed by atoms with Crippen LogP contribution in [0.1, 0.15) is 29.3 Å². The predicted octanol–water partition coefficient (Wildman–Crippen LogP) is 4.00. The van der Waals surface area contributed by atoms with Crippen molar-refractivity contribution in [2.45, 2.75) is 19.5 Å². The van der Waals surface area contributed by atoms with Crippen molar-refractivity contribution in [3.63, 3.8) is 0 Å². The molecular weight excluding hydrogens is 379 g/mol. The average Bonchev–Trinajstić information content (AvgIpc) is 2.65. The second kappa shape index (κ2) is 9.12. The van der Waals surface area contributed by atoms with Gasteiger partial charge in [-0.25, -0.2) is 4.79 Å². The number of halogens is 3. The largest absolute Gasteiger partial charge is 0.508 e. The van der Waals surface area contributed by atoms with Gasteiger partial charge in [0.15, 0.2) is 6.61 Å². The molecular formula is C19H18F3NO5. The number of phenolic OH excluding ortho intramolecular Hbond substituents is 1. The minimum atomic E-state index is -4.59. The number of benzene rings is 2. The fraction of sp³-hybridized carbons (Fsp3) is 0.263. The summed E-state index contributed by atoms with van der Waals surface area (Å²) in [6.07, 6.45) is -3.97. The maximum absolute atomic E-state index is 12.9. The third kappa shape index (κ3) is 5.90. The molecule has 0 spiro atoms. The smallest absolute Gasteiger partial charge is 0.416 e. The summed E-state index contributed by atoms with van der Waals surface area (Å²) < 4.78 is 48.9. The van der Waals surface area contributed by atoms with Gasteiger partial charge in [0.2, 0.25) is 0 Å². The third-order valence-electron chi connectivity index (χ3n) is 3.48. The first-order chi connectivity index (χ1) is 13.2. The Labute approximate surface area is 158 Å². The number of aromatic hydroxyl groups is 1. The average molecular weight is 397 g/mol. The van der Waals surface area contributed by atoms with Gasteiger partial charge in [0, 0.05) is 0 Å². The van der Waals surface area contributed by atoms with E-state index in [4.69, 9.17) is 9.47 Å². The van der Waals surface area contributed by atoms with Gasteiger partial charge < -0.3 is 19.9 Å². The summed E-state index contributed by atoms with van der Waals surface area (Å²) >= 11 is 0. The number of carbonyl (C=O) groups is 2. The van der Waals surface area contributed by atoms with Crippen molar-refractivity contribution < 1.29 is 37.3 Å². The number of esters is 1. The second-order valence-electron chi connectivity index (χ2n) is 5.73. The lowest BCUT2D eigenvalue weighted by molar-refractivity contribution is -0.137. The van der Waals surface area contributed by atoms with Crippen molar-refractivity contribution in [2.24, 2.45) is 0 Å². The Balaban J connectivity index is 2.06. The van der Waals surface area contributed by atoms with Crippen LogP contribution in [0.4, 0.5) is 18.9 Å². The Morgan fingerprint density at radius 3 is 2.39 bits per heavy atom. The van der Waals surface area contributed by atoms with Gasteiger partial charge >= 0.3 is 12.1 Å². The van der Waals surface area contributed by atoms with Gasteiger partial charge in [0.25, 0.3) is 5.91 Å². The SMILES string of the molecule is CCCOc1ccc(C(F)(F)F)cc1NC(=O)COC(=O)c1ccc(O)cc1. The molecule has 2 aromatic carbocycles. The first kappa shape index (κ1) is 21.1. The number of amides is 1. The maximum Gasteiger partial charge on any atom is 0.416 e. The van der Waals surface area contributed by atoms with E-state index in [9.17, 15) is 27.9 Å². The number of anilines is 1. The lowest BCUT2D eigenvalue weighted by atomic mass is 10.1. The van der Waals surface area contributed by atoms with Crippen LogP contribution in [0.15, 0.2) is 42.5 Å². The summed E-state index contributed by atoms with van der Waals surface area (Å²) in [4.78, 5) is 23.9. The molecule has 9 heteroatoms. The fourth-order valence-electron chi connectivity index (χ4n) is 2.14. The van der Waals surface area contributed by atoms with Crippen LogP contribution in [0, 0.1) is 0 Å². The molecule has 2 N–H and O–H groups in total. The Morgan fingerprint density at radius 1 is 1.11 bits per heavy atom. The molecule has 0 radical (unpaired) electrons. The Bertz CT molecular complexity index is 834. The number of alkyl halides is 3. The topological polar surface area (TPSA) is 84.9 Å². The van der Waals surface area contributed by atoms with E-state index >= 15 is 0 Å². The van der Waals surface area contributed by atoms with Gasteiger partial charge in [-0.3, -0.25) is 4.79 Å². The van der Waals surface area contributed by atoms with Crippen LogP contribution in [-0.2, 0) is 15.7 Å². The van der Waals surface area contributed by atoms with Gasteiger partial charge in [0.05, 0.1) is 23.4 Å². The van der Waals surface area contributed by atoms with E-state index in [0.29, 0.717) is 6.42 Å². The van der Waals surface area contributed by atoms with Gasteiger partial charge in [0.1, 0.15) is 11.5 Å². The lowest BCUT2D eigenvalue weighted by Crippen LogP contribution is -2.21. The Morgan fingerprint density at radius 2 is 1.79 bits per heavy atom. The third-order valence-corrected chi connectivity index (χ3v) is 3.48. The second-order valence-corrected chi connectivity index (χ2v) is 5.73. The molecule has 0 fully saturated rings. The van der Waals surface area contributed by atoms with E-state index < -0.39 is 30.2 Å². The first-order valence-corrected chi connectivity index (χ1v) is 8.30. The van der Waals surface area contributed by atoms with Crippen LogP contribution in [0.25, 0.3) is 0 Å². The highest BCUT2D eigenvalue weighted by Crippen LogP contribution is 2.35. The summed E-state index contributed by atoms with van der Waals surface area (Å²) in [7, 11) is 0. The van der Waals surface area contributed by atoms with Crippen LogP contribution < -0.4 is 10.1 Å². The molecule has 1 amide bonds. The van der Waals surface area contributed by atoms with Gasteiger partial charge in [-0.05, 0) is 48.9 Å². The first-order valence-electron chi connectivity index (χ1n) is 8.30. The maximum atomic E-state index is 12.9. The fourth-order valence-corrected chi connectivity index (χ4v) is 2.14. The lowest BCUT2D eigenvalue weighted by Gasteiger charge is -2.15. The van der Waals surface area contributed by atoms with E-state index in [2.05, 4.69) is 5.32 Å². The van der Waals surface area contributed by atoms with E-state index in [1.807, 2.05) is 6.92 Å². The summed E-state index contributed by atoms with van der Waals surface area (Å²) in [5.41, 5.74) is -1.02. The Kier molecular flexibility index (Phi) is 6.86. The van der Waals surface area contributed by atoms with E-state index in [1.165, 1.54) is 24.3 Å². The van der Waals surface area contributed by atoms with Crippen molar-refractivity contribution in [3.05, 3.63) is 53.6 Å². The number of hydrogen-bond acceptors (Lipinski definition) is 5. The summed E-state index contributed by atoms with van der Waals surface area (Å²) in [5, 5.41) is 11.4. The monoisotopic (exact) mass is 397 g/mol. The summed E-state index contributed by atoms with van der Waals surface area (Å²) in [6.45, 7) is 1.37. The number of carbonyl (C=O) groups excluding carboxylic acids is 2. The normalized spacial score (nSPS) is 11.0. The minimum absolute atomic E-state index is 0.0431. The van der Waals surface area contributed by atoms with E-state index in [0.717, 1.165) is 18.2 Å². The Hall–Kier alpha value is -3.23. The molecule has 2 rings (SSSR count). The molecule has 0 aromatic heterocycles. The van der Waals surface area contributed by atoms with Crippen LogP contribution in [0.3, 0.4) is 0 Å². The van der Waals surface area contributed by atoms with Crippen molar-refractivity contribution in [1.82, 2.24) is 0 Å². The van der Waals surface area contributed by atoms with Crippen molar-refractivity contribution in [2.75, 3.05) is 18.5 Å². The molecule has 28 heavy (non-hydrogen) atoms. The van der Waals surface area contributed by atoms with Gasteiger partial charge in [-0.2, -0.15) is 13.2 Å². The summed E-state index contributed by atoms with van der Waals surface area (Å²) in [6, 6.07) is 7.89. The molecule has 0 bridgehead atoms. The van der Waals surface area contributed by atoms with Gasteiger partial charge in [-0.15, -0.1) is 0 Å². The standard InChI is InChI=1S/C19H18F3NO5/c1-2-9-27-16-8-5-13(19(20,21)22)10-15(16)23-17(25)11-28-18(26)12-3-6-14(24)7-4-12/h3-8,10,24H,2,9,11H2,1H3,(H,23,25). The quantitative estimate of drug-likeness (QED) is 0.690. The zero-order chi connectivity index (χ0) is 20.7. The molecule has 0 saturated heterocycles. The van der Waals surface area contributed by atoms with Crippen molar-refractivity contribution in [3.8, 4) is 11.5 Å². The minimum Gasteiger partial charge on any atom is -0.508 e. The molecule has 6 nitrogen and oxygen atoms in total. The molecule has 0 unspecified atom stereocenters. The highest BCUT2D eigenvalue weighted by molar-refractivity contribution is 5.96. The zero-order valence-corrected chi connectivity index (χ0v) is 14.9. The number of hydrogen-bond donors (Lipinski definition) is 2. The molecule has 0 aliphatic rings. The van der Waals surface area contributed by atoms with Gasteiger partial charge in [-0.1, -0.05) is 6.92 Å². The highest BCUT2D eigenvalue weighted by atomic mass is 19.4. The molecule has 2 aromatic rings. The van der Waals surface area contributed by atoms with Crippen LogP contribution in [0.2, 0.25) is 0 Å². The van der Waals surface area contributed by atoms with Crippen LogP contribution in [0.5, 0.6) is 11.5 Å². The summed E-state index contributed by atoms with van der Waals surface area (Å²) in [5.74, 6) is -1.61. The molecule has 150 valence electrons. The number of nitrogens with one attached hydrogen (secondary N) is 1. The molecule has 0 aliphatic carbocycles. The number of phenols is 1. The van der Waals surface area contributed by atoms with Crippen LogP contribution in [-0.4, -0.2) is 30.2 Å². The number of ether oxygens (including phenoxy) is 2. The van der Waals surface area contributed by atoms with Crippen molar-refractivity contribution in [1.29, 1.82) is 0 Å². The molecule has 0 heterocycles. The predicted molar refractivity (Wildman–Crippen MR) is 94.2 cm³/mol. The highest BCUT2D eigenvalue weighted by Gasteiger charge is 2.31. The molecule has 0 saturated carbocycles. The van der Waals surface area contributed by atoms with E-state index in [1.54, 1.807) is 0 Å². The molecule has 0 atom stereocenters. The number of rotatable bonds is 7. The van der Waals surface area contributed by atoms with Crippen molar-refractivity contribution >= 4 is 17.6 Å². The zero-order valence-electron chi connectivity index (χ0n) is 14.9. The van der Waals surface area contributed by atoms with E-state index in [-0.39, 0.29) is 29.4 Å². The molecule has 0 aliphatic heterocycles.